The van der Waals surface area contributed by atoms with Gasteiger partial charge in [-0.25, -0.2) is 0 Å². The van der Waals surface area contributed by atoms with Crippen LogP contribution < -0.4 is 5.32 Å². The fourth-order valence-corrected chi connectivity index (χ4v) is 2.69. The third-order valence-corrected chi connectivity index (χ3v) is 4.45. The standard InChI is InChI=1S/C21H24N4O2/c1-14-8-10-18(11-9-14)22-19(26)13-25(4)16(3)20-23-24-21(27-20)17-7-5-6-15(2)12-17/h5-12,16H,13H2,1-4H3,(H,22,26)/t16-/m1/s1. The molecule has 2 aromatic carbocycles. The Bertz CT molecular complexity index is 918. The van der Waals surface area contributed by atoms with Gasteiger partial charge in [0.05, 0.1) is 12.6 Å². The molecule has 0 aliphatic carbocycles. The summed E-state index contributed by atoms with van der Waals surface area (Å²) in [5, 5.41) is 11.2. The molecule has 0 aliphatic heterocycles. The van der Waals surface area contributed by atoms with Crippen LogP contribution in [0.25, 0.3) is 11.5 Å². The number of carbonyl (C=O) groups excluding carboxylic acids is 1. The predicted molar refractivity (Wildman–Crippen MR) is 105 cm³/mol. The molecule has 3 rings (SSSR count). The number of carbonyl (C=O) groups is 1. The lowest BCUT2D eigenvalue weighted by Crippen LogP contribution is -2.32. The smallest absolute Gasteiger partial charge is 0.247 e. The Morgan fingerprint density at radius 1 is 1.11 bits per heavy atom. The van der Waals surface area contributed by atoms with Crippen molar-refractivity contribution >= 4 is 11.6 Å². The van der Waals surface area contributed by atoms with Crippen LogP contribution in [0.15, 0.2) is 52.9 Å². The van der Waals surface area contributed by atoms with E-state index in [2.05, 4.69) is 15.5 Å². The summed E-state index contributed by atoms with van der Waals surface area (Å²) in [6.45, 7) is 6.18. The summed E-state index contributed by atoms with van der Waals surface area (Å²) in [5.41, 5.74) is 3.96. The highest BCUT2D eigenvalue weighted by Gasteiger charge is 2.21. The van der Waals surface area contributed by atoms with E-state index in [1.807, 2.05) is 81.2 Å². The second-order valence-electron chi connectivity index (χ2n) is 6.82. The molecule has 0 fully saturated rings. The van der Waals surface area contributed by atoms with Crippen molar-refractivity contribution in [2.24, 2.45) is 0 Å². The van der Waals surface area contributed by atoms with Gasteiger partial charge in [-0.2, -0.15) is 0 Å². The molecule has 0 unspecified atom stereocenters. The number of hydrogen-bond acceptors (Lipinski definition) is 5. The number of rotatable bonds is 6. The van der Waals surface area contributed by atoms with Gasteiger partial charge in [0.1, 0.15) is 0 Å². The quantitative estimate of drug-likeness (QED) is 0.716. The van der Waals surface area contributed by atoms with Crippen LogP contribution in [0, 0.1) is 13.8 Å². The first-order chi connectivity index (χ1) is 12.9. The van der Waals surface area contributed by atoms with Crippen molar-refractivity contribution in [1.82, 2.24) is 15.1 Å². The maximum atomic E-state index is 12.3. The number of aryl methyl sites for hydroxylation is 2. The van der Waals surface area contributed by atoms with Crippen molar-refractivity contribution in [2.75, 3.05) is 18.9 Å². The monoisotopic (exact) mass is 364 g/mol. The average molecular weight is 364 g/mol. The zero-order valence-corrected chi connectivity index (χ0v) is 16.1. The fourth-order valence-electron chi connectivity index (χ4n) is 2.69. The molecule has 1 amide bonds. The van der Waals surface area contributed by atoms with Gasteiger partial charge >= 0.3 is 0 Å². The molecule has 0 spiro atoms. The van der Waals surface area contributed by atoms with Crippen LogP contribution in [0.2, 0.25) is 0 Å². The van der Waals surface area contributed by atoms with E-state index < -0.39 is 0 Å². The molecule has 1 N–H and O–H groups in total. The Morgan fingerprint density at radius 3 is 2.56 bits per heavy atom. The SMILES string of the molecule is Cc1ccc(NC(=O)CN(C)[C@H](C)c2nnc(-c3cccc(C)c3)o2)cc1. The molecule has 27 heavy (non-hydrogen) atoms. The topological polar surface area (TPSA) is 71.3 Å². The summed E-state index contributed by atoms with van der Waals surface area (Å²) in [6.07, 6.45) is 0. The summed E-state index contributed by atoms with van der Waals surface area (Å²) in [7, 11) is 1.86. The summed E-state index contributed by atoms with van der Waals surface area (Å²) >= 11 is 0. The minimum absolute atomic E-state index is 0.0911. The zero-order valence-electron chi connectivity index (χ0n) is 16.1. The molecule has 6 heteroatoms. The van der Waals surface area contributed by atoms with Gasteiger partial charge in [-0.15, -0.1) is 10.2 Å². The molecule has 0 radical (unpaired) electrons. The highest BCUT2D eigenvalue weighted by Crippen LogP contribution is 2.23. The summed E-state index contributed by atoms with van der Waals surface area (Å²) in [5.74, 6) is 0.877. The van der Waals surface area contributed by atoms with Gasteiger partial charge < -0.3 is 9.73 Å². The number of hydrogen-bond donors (Lipinski definition) is 1. The molecule has 1 aromatic heterocycles. The van der Waals surface area contributed by atoms with Crippen molar-refractivity contribution in [2.45, 2.75) is 26.8 Å². The summed E-state index contributed by atoms with van der Waals surface area (Å²) < 4.78 is 5.83. The maximum absolute atomic E-state index is 12.3. The second-order valence-corrected chi connectivity index (χ2v) is 6.82. The molecular formula is C21H24N4O2. The van der Waals surface area contributed by atoms with Crippen molar-refractivity contribution in [3.05, 3.63) is 65.5 Å². The Balaban J connectivity index is 1.62. The number of likely N-dealkylation sites (N-methyl/N-ethyl adjacent to an activating group) is 1. The molecule has 0 saturated carbocycles. The lowest BCUT2D eigenvalue weighted by Gasteiger charge is -2.21. The molecule has 0 bridgehead atoms. The number of amides is 1. The van der Waals surface area contributed by atoms with Crippen LogP contribution in [0.1, 0.15) is 30.0 Å². The minimum Gasteiger partial charge on any atom is -0.419 e. The molecule has 0 aliphatic rings. The number of nitrogens with zero attached hydrogens (tertiary/aromatic N) is 3. The van der Waals surface area contributed by atoms with Gasteiger partial charge in [0.2, 0.25) is 17.7 Å². The molecule has 0 saturated heterocycles. The van der Waals surface area contributed by atoms with E-state index in [1.54, 1.807) is 0 Å². The Morgan fingerprint density at radius 2 is 1.85 bits per heavy atom. The van der Waals surface area contributed by atoms with E-state index in [-0.39, 0.29) is 18.5 Å². The molecule has 6 nitrogen and oxygen atoms in total. The van der Waals surface area contributed by atoms with E-state index in [0.717, 1.165) is 22.4 Å². The first-order valence-corrected chi connectivity index (χ1v) is 8.89. The van der Waals surface area contributed by atoms with E-state index in [1.165, 1.54) is 0 Å². The molecule has 3 aromatic rings. The van der Waals surface area contributed by atoms with Gasteiger partial charge in [0.15, 0.2) is 0 Å². The fraction of sp³-hybridized carbons (Fsp3) is 0.286. The number of anilines is 1. The Kier molecular flexibility index (Phi) is 5.66. The lowest BCUT2D eigenvalue weighted by molar-refractivity contribution is -0.117. The van der Waals surface area contributed by atoms with Crippen molar-refractivity contribution in [3.63, 3.8) is 0 Å². The van der Waals surface area contributed by atoms with Crippen molar-refractivity contribution in [1.29, 1.82) is 0 Å². The van der Waals surface area contributed by atoms with Gasteiger partial charge in [-0.05, 0) is 52.1 Å². The zero-order chi connectivity index (χ0) is 19.4. The minimum atomic E-state index is -0.181. The number of nitrogens with one attached hydrogen (secondary N) is 1. The molecular weight excluding hydrogens is 340 g/mol. The van der Waals surface area contributed by atoms with E-state index >= 15 is 0 Å². The van der Waals surface area contributed by atoms with Gasteiger partial charge in [-0.3, -0.25) is 9.69 Å². The van der Waals surface area contributed by atoms with E-state index in [4.69, 9.17) is 4.42 Å². The average Bonchev–Trinajstić information content (AvgIpc) is 3.13. The number of benzene rings is 2. The van der Waals surface area contributed by atoms with E-state index in [9.17, 15) is 4.79 Å². The van der Waals surface area contributed by atoms with Crippen LogP contribution in [0.4, 0.5) is 5.69 Å². The number of aromatic nitrogens is 2. The Labute approximate surface area is 159 Å². The van der Waals surface area contributed by atoms with E-state index in [0.29, 0.717) is 11.8 Å². The molecule has 140 valence electrons. The molecule has 1 atom stereocenters. The molecule has 1 heterocycles. The third kappa shape index (κ3) is 4.80. The lowest BCUT2D eigenvalue weighted by atomic mass is 10.1. The summed E-state index contributed by atoms with van der Waals surface area (Å²) in [4.78, 5) is 14.2. The maximum Gasteiger partial charge on any atom is 0.247 e. The van der Waals surface area contributed by atoms with Crippen LogP contribution in [-0.4, -0.2) is 34.6 Å². The van der Waals surface area contributed by atoms with Crippen molar-refractivity contribution < 1.29 is 9.21 Å². The van der Waals surface area contributed by atoms with Crippen LogP contribution in [-0.2, 0) is 4.79 Å². The first kappa shape index (κ1) is 18.8. The second kappa shape index (κ2) is 8.14. The van der Waals surface area contributed by atoms with Gasteiger partial charge in [0.25, 0.3) is 0 Å². The first-order valence-electron chi connectivity index (χ1n) is 8.89. The third-order valence-electron chi connectivity index (χ3n) is 4.45. The normalized spacial score (nSPS) is 12.2. The van der Waals surface area contributed by atoms with Crippen LogP contribution in [0.3, 0.4) is 0 Å². The van der Waals surface area contributed by atoms with Crippen LogP contribution in [0.5, 0.6) is 0 Å². The Hall–Kier alpha value is -2.99. The highest BCUT2D eigenvalue weighted by atomic mass is 16.4. The van der Waals surface area contributed by atoms with Gasteiger partial charge in [-0.1, -0.05) is 35.4 Å². The largest absolute Gasteiger partial charge is 0.419 e. The van der Waals surface area contributed by atoms with Crippen molar-refractivity contribution in [3.8, 4) is 11.5 Å². The van der Waals surface area contributed by atoms with Gasteiger partial charge in [0, 0.05) is 11.3 Å². The predicted octanol–water partition coefficient (Wildman–Crippen LogP) is 3.98. The van der Waals surface area contributed by atoms with Crippen LogP contribution >= 0.6 is 0 Å². The highest BCUT2D eigenvalue weighted by molar-refractivity contribution is 5.92. The summed E-state index contributed by atoms with van der Waals surface area (Å²) in [6, 6.07) is 15.4.